The molecule has 26 heavy (non-hydrogen) atoms. The van der Waals surface area contributed by atoms with Gasteiger partial charge in [0.15, 0.2) is 0 Å². The van der Waals surface area contributed by atoms with E-state index in [0.717, 1.165) is 35.1 Å². The van der Waals surface area contributed by atoms with Crippen molar-refractivity contribution in [2.75, 3.05) is 6.54 Å². The van der Waals surface area contributed by atoms with Crippen LogP contribution in [0, 0.1) is 0 Å². The lowest BCUT2D eigenvalue weighted by molar-refractivity contribution is -0.132. The van der Waals surface area contributed by atoms with Crippen LogP contribution in [-0.4, -0.2) is 34.2 Å². The fraction of sp³-hybridized carbons (Fsp3) is 0.300. The van der Waals surface area contributed by atoms with Crippen molar-refractivity contribution >= 4 is 16.9 Å². The lowest BCUT2D eigenvalue weighted by Gasteiger charge is -2.13. The van der Waals surface area contributed by atoms with Gasteiger partial charge in [0.1, 0.15) is 12.4 Å². The van der Waals surface area contributed by atoms with Gasteiger partial charge in [0, 0.05) is 18.8 Å². The third-order valence-electron chi connectivity index (χ3n) is 4.80. The fourth-order valence-corrected chi connectivity index (χ4v) is 3.31. The van der Waals surface area contributed by atoms with Crippen LogP contribution in [0.3, 0.4) is 0 Å². The first-order valence-electron chi connectivity index (χ1n) is 8.89. The van der Waals surface area contributed by atoms with Crippen molar-refractivity contribution < 1.29 is 9.53 Å². The Hall–Kier alpha value is -2.70. The van der Waals surface area contributed by atoms with Crippen LogP contribution in [0.4, 0.5) is 0 Å². The molecule has 0 spiro atoms. The number of hydrogen-bond acceptors (Lipinski definition) is 4. The van der Waals surface area contributed by atoms with Gasteiger partial charge in [-0.3, -0.25) is 9.36 Å². The zero-order valence-electron chi connectivity index (χ0n) is 14.5. The maximum atomic E-state index is 12.2. The molecule has 6 nitrogen and oxygen atoms in total. The minimum atomic E-state index is -0.375. The van der Waals surface area contributed by atoms with Crippen molar-refractivity contribution in [1.82, 2.24) is 14.9 Å². The Morgan fingerprint density at radius 2 is 2.00 bits per heavy atom. The Bertz CT molecular complexity index is 904. The van der Waals surface area contributed by atoms with E-state index in [1.807, 2.05) is 54.9 Å². The lowest BCUT2D eigenvalue weighted by atomic mass is 10.1. The summed E-state index contributed by atoms with van der Waals surface area (Å²) >= 11 is 0. The molecule has 2 atom stereocenters. The van der Waals surface area contributed by atoms with Gasteiger partial charge >= 0.3 is 0 Å². The van der Waals surface area contributed by atoms with Crippen LogP contribution in [0.2, 0.25) is 0 Å². The molecule has 0 aliphatic carbocycles. The number of ether oxygens (including phenoxy) is 1. The van der Waals surface area contributed by atoms with Crippen LogP contribution in [0.1, 0.15) is 18.4 Å². The number of nitrogens with two attached hydrogens (primary N) is 1. The quantitative estimate of drug-likeness (QED) is 0.739. The predicted octanol–water partition coefficient (Wildman–Crippen LogP) is 2.15. The van der Waals surface area contributed by atoms with Crippen LogP contribution >= 0.6 is 0 Å². The van der Waals surface area contributed by atoms with Gasteiger partial charge in [-0.15, -0.1) is 0 Å². The Morgan fingerprint density at radius 1 is 1.19 bits per heavy atom. The normalized spacial score (nSPS) is 19.7. The number of nitrogens with zero attached hydrogens (tertiary/aromatic N) is 2. The summed E-state index contributed by atoms with van der Waals surface area (Å²) in [6, 6.07) is 16.1. The van der Waals surface area contributed by atoms with Gasteiger partial charge in [-0.1, -0.05) is 24.3 Å². The lowest BCUT2D eigenvalue weighted by Crippen LogP contribution is -2.35. The van der Waals surface area contributed by atoms with E-state index >= 15 is 0 Å². The molecule has 2 aromatic carbocycles. The second kappa shape index (κ2) is 7.27. The fourth-order valence-electron chi connectivity index (χ4n) is 3.31. The van der Waals surface area contributed by atoms with Gasteiger partial charge in [-0.05, 0) is 42.7 Å². The molecular weight excluding hydrogens is 328 g/mol. The number of carbonyl (C=O) groups is 1. The average Bonchev–Trinajstić information content (AvgIpc) is 3.33. The highest BCUT2D eigenvalue weighted by molar-refractivity contribution is 5.81. The standard InChI is InChI=1S/C20H22N4O2/c21-11-16-9-10-19(26-16)20(25)22-12-14-5-7-15(8-6-14)24-13-23-17-3-1-2-4-18(17)24/h1-8,13,16,19H,9-12,21H2,(H,22,25)/t16-,19+/m1/s1. The number of carbonyl (C=O) groups excluding carboxylic acids is 1. The largest absolute Gasteiger partial charge is 0.364 e. The van der Waals surface area contributed by atoms with Crippen LogP contribution < -0.4 is 11.1 Å². The summed E-state index contributed by atoms with van der Waals surface area (Å²) in [7, 11) is 0. The number of hydrogen-bond donors (Lipinski definition) is 2. The van der Waals surface area contributed by atoms with Crippen molar-refractivity contribution in [1.29, 1.82) is 0 Å². The molecule has 0 bridgehead atoms. The molecule has 1 aromatic heterocycles. The first-order valence-corrected chi connectivity index (χ1v) is 8.89. The van der Waals surface area contributed by atoms with E-state index in [-0.39, 0.29) is 18.1 Å². The number of amides is 1. The first kappa shape index (κ1) is 16.8. The van der Waals surface area contributed by atoms with E-state index in [9.17, 15) is 4.79 Å². The van der Waals surface area contributed by atoms with Crippen molar-refractivity contribution in [2.45, 2.75) is 31.6 Å². The summed E-state index contributed by atoms with van der Waals surface area (Å²) in [5.74, 6) is -0.0642. The second-order valence-corrected chi connectivity index (χ2v) is 6.55. The number of rotatable bonds is 5. The molecule has 2 heterocycles. The van der Waals surface area contributed by atoms with Gasteiger partial charge in [0.05, 0.1) is 17.1 Å². The number of nitrogens with one attached hydrogen (secondary N) is 1. The third kappa shape index (κ3) is 3.34. The Kier molecular flexibility index (Phi) is 4.69. The topological polar surface area (TPSA) is 82.2 Å². The van der Waals surface area contributed by atoms with E-state index in [1.165, 1.54) is 0 Å². The summed E-state index contributed by atoms with van der Waals surface area (Å²) in [6.45, 7) is 0.950. The zero-order chi connectivity index (χ0) is 17.9. The van der Waals surface area contributed by atoms with E-state index in [2.05, 4.69) is 14.9 Å². The van der Waals surface area contributed by atoms with Crippen LogP contribution in [-0.2, 0) is 16.1 Å². The zero-order valence-corrected chi connectivity index (χ0v) is 14.5. The molecule has 1 fully saturated rings. The molecule has 0 radical (unpaired) electrons. The second-order valence-electron chi connectivity index (χ2n) is 6.55. The SMILES string of the molecule is NC[C@H]1CC[C@@H](C(=O)NCc2ccc(-n3cnc4ccccc43)cc2)O1. The number of aromatic nitrogens is 2. The highest BCUT2D eigenvalue weighted by Gasteiger charge is 2.29. The number of para-hydroxylation sites is 2. The molecule has 1 saturated heterocycles. The molecule has 3 N–H and O–H groups in total. The van der Waals surface area contributed by atoms with Crippen molar-refractivity contribution in [2.24, 2.45) is 5.73 Å². The van der Waals surface area contributed by atoms with Crippen LogP contribution in [0.25, 0.3) is 16.7 Å². The number of imidazole rings is 1. The molecule has 0 unspecified atom stereocenters. The van der Waals surface area contributed by atoms with Gasteiger partial charge in [0.2, 0.25) is 5.91 Å². The highest BCUT2D eigenvalue weighted by atomic mass is 16.5. The molecule has 1 aliphatic heterocycles. The van der Waals surface area contributed by atoms with Crippen LogP contribution in [0.5, 0.6) is 0 Å². The van der Waals surface area contributed by atoms with Gasteiger partial charge in [-0.2, -0.15) is 0 Å². The molecule has 6 heteroatoms. The van der Waals surface area contributed by atoms with Crippen LogP contribution in [0.15, 0.2) is 54.9 Å². The maximum Gasteiger partial charge on any atom is 0.249 e. The average molecular weight is 350 g/mol. The molecular formula is C20H22N4O2. The maximum absolute atomic E-state index is 12.2. The smallest absolute Gasteiger partial charge is 0.249 e. The van der Waals surface area contributed by atoms with Gasteiger partial charge in [0.25, 0.3) is 0 Å². The summed E-state index contributed by atoms with van der Waals surface area (Å²) < 4.78 is 7.68. The van der Waals surface area contributed by atoms with E-state index in [4.69, 9.17) is 10.5 Å². The van der Waals surface area contributed by atoms with E-state index in [1.54, 1.807) is 0 Å². The molecule has 134 valence electrons. The van der Waals surface area contributed by atoms with E-state index < -0.39 is 0 Å². The van der Waals surface area contributed by atoms with Crippen molar-refractivity contribution in [3.05, 3.63) is 60.4 Å². The van der Waals surface area contributed by atoms with Gasteiger partial charge in [-0.25, -0.2) is 4.98 Å². The minimum Gasteiger partial charge on any atom is -0.364 e. The van der Waals surface area contributed by atoms with E-state index in [0.29, 0.717) is 13.1 Å². The van der Waals surface area contributed by atoms with Gasteiger partial charge < -0.3 is 15.8 Å². The molecule has 4 rings (SSSR count). The number of fused-ring (bicyclic) bond motifs is 1. The molecule has 1 aliphatic rings. The Labute approximate surface area is 152 Å². The first-order chi connectivity index (χ1) is 12.7. The summed E-state index contributed by atoms with van der Waals surface area (Å²) in [5.41, 5.74) is 9.71. The third-order valence-corrected chi connectivity index (χ3v) is 4.80. The monoisotopic (exact) mass is 350 g/mol. The molecule has 3 aromatic rings. The predicted molar refractivity (Wildman–Crippen MR) is 99.9 cm³/mol. The Morgan fingerprint density at radius 3 is 2.77 bits per heavy atom. The van der Waals surface area contributed by atoms with Crippen molar-refractivity contribution in [3.63, 3.8) is 0 Å². The Balaban J connectivity index is 1.40. The molecule has 1 amide bonds. The highest BCUT2D eigenvalue weighted by Crippen LogP contribution is 2.20. The van der Waals surface area contributed by atoms with Crippen molar-refractivity contribution in [3.8, 4) is 5.69 Å². The number of benzene rings is 2. The summed E-state index contributed by atoms with van der Waals surface area (Å²) in [6.07, 6.45) is 3.05. The summed E-state index contributed by atoms with van der Waals surface area (Å²) in [5, 5.41) is 2.95. The molecule has 0 saturated carbocycles. The minimum absolute atomic E-state index is 0.00929. The summed E-state index contributed by atoms with van der Waals surface area (Å²) in [4.78, 5) is 16.6.